The molecule has 0 radical (unpaired) electrons. The second kappa shape index (κ2) is 9.63. The number of aryl methyl sites for hydroxylation is 1. The quantitative estimate of drug-likeness (QED) is 0.516. The van der Waals surface area contributed by atoms with E-state index in [-0.39, 0.29) is 4.21 Å². The molecule has 0 bridgehead atoms. The normalized spacial score (nSPS) is 13.2. The standard InChI is InChI=1S/C23H23N3O5S2/c1-2-31-20-9-4-3-8-18(20)25-23(28)22(27)24-17-12-11-16-7-5-13-26(19(16)15-17)33(29,30)21-10-6-14-32-21/h3-4,6,8-12,14-15H,2,5,7,13H2,1H3,(H,24,27)(H,25,28). The number of nitrogens with zero attached hydrogens (tertiary/aromatic N) is 1. The predicted molar refractivity (Wildman–Crippen MR) is 128 cm³/mol. The molecule has 2 N–H and O–H groups in total. The third-order valence-electron chi connectivity index (χ3n) is 5.10. The topological polar surface area (TPSA) is 105 Å². The van der Waals surface area contributed by atoms with Gasteiger partial charge in [0.2, 0.25) is 0 Å². The van der Waals surface area contributed by atoms with Gasteiger partial charge in [-0.25, -0.2) is 8.42 Å². The number of hydrogen-bond donors (Lipinski definition) is 2. The Morgan fingerprint density at radius 1 is 1.06 bits per heavy atom. The molecule has 0 saturated heterocycles. The van der Waals surface area contributed by atoms with Crippen LogP contribution in [0.4, 0.5) is 17.1 Å². The van der Waals surface area contributed by atoms with Crippen LogP contribution < -0.4 is 19.7 Å². The highest BCUT2D eigenvalue weighted by atomic mass is 32.2. The summed E-state index contributed by atoms with van der Waals surface area (Å²) < 4.78 is 33.3. The number of carbonyl (C=O) groups is 2. The van der Waals surface area contributed by atoms with Crippen molar-refractivity contribution in [2.75, 3.05) is 28.1 Å². The Kier molecular flexibility index (Phi) is 6.66. The zero-order chi connectivity index (χ0) is 23.4. The van der Waals surface area contributed by atoms with E-state index in [0.717, 1.165) is 23.3 Å². The summed E-state index contributed by atoms with van der Waals surface area (Å²) in [7, 11) is -3.70. The Hall–Kier alpha value is -3.37. The average Bonchev–Trinajstić information content (AvgIpc) is 3.36. The van der Waals surface area contributed by atoms with E-state index in [1.165, 1.54) is 4.31 Å². The van der Waals surface area contributed by atoms with Gasteiger partial charge in [-0.05, 0) is 61.0 Å². The Labute approximate surface area is 196 Å². The van der Waals surface area contributed by atoms with Crippen molar-refractivity contribution in [2.24, 2.45) is 0 Å². The van der Waals surface area contributed by atoms with Crippen LogP contribution in [0.15, 0.2) is 64.2 Å². The highest BCUT2D eigenvalue weighted by Gasteiger charge is 2.30. The van der Waals surface area contributed by atoms with E-state index in [1.54, 1.807) is 60.0 Å². The maximum absolute atomic E-state index is 13.1. The van der Waals surface area contributed by atoms with E-state index in [2.05, 4.69) is 10.6 Å². The molecule has 1 aromatic heterocycles. The number of hydrogen-bond acceptors (Lipinski definition) is 6. The lowest BCUT2D eigenvalue weighted by Crippen LogP contribution is -2.35. The molecule has 2 amide bonds. The third kappa shape index (κ3) is 4.86. The number of thiophene rings is 1. The summed E-state index contributed by atoms with van der Waals surface area (Å²) in [6, 6.07) is 15.1. The van der Waals surface area contributed by atoms with Gasteiger partial charge >= 0.3 is 11.8 Å². The van der Waals surface area contributed by atoms with Crippen LogP contribution in [0.1, 0.15) is 18.9 Å². The van der Waals surface area contributed by atoms with Crippen LogP contribution in [0, 0.1) is 0 Å². The predicted octanol–water partition coefficient (Wildman–Crippen LogP) is 3.87. The fraction of sp³-hybridized carbons (Fsp3) is 0.217. The Morgan fingerprint density at radius 2 is 1.85 bits per heavy atom. The van der Waals surface area contributed by atoms with Gasteiger partial charge in [-0.15, -0.1) is 11.3 Å². The number of ether oxygens (including phenoxy) is 1. The Bertz CT molecular complexity index is 1270. The molecule has 3 aromatic rings. The van der Waals surface area contributed by atoms with Gasteiger partial charge in [0.15, 0.2) is 0 Å². The summed E-state index contributed by atoms with van der Waals surface area (Å²) in [5.74, 6) is -1.27. The van der Waals surface area contributed by atoms with E-state index in [9.17, 15) is 18.0 Å². The van der Waals surface area contributed by atoms with Gasteiger partial charge in [0.25, 0.3) is 10.0 Å². The van der Waals surface area contributed by atoms with Gasteiger partial charge in [-0.1, -0.05) is 24.3 Å². The highest BCUT2D eigenvalue weighted by molar-refractivity contribution is 7.94. The van der Waals surface area contributed by atoms with Gasteiger partial charge in [0.1, 0.15) is 9.96 Å². The van der Waals surface area contributed by atoms with Crippen molar-refractivity contribution in [2.45, 2.75) is 24.0 Å². The molecule has 172 valence electrons. The van der Waals surface area contributed by atoms with E-state index >= 15 is 0 Å². The molecule has 0 atom stereocenters. The van der Waals surface area contributed by atoms with Crippen molar-refractivity contribution in [1.29, 1.82) is 0 Å². The maximum Gasteiger partial charge on any atom is 0.314 e. The number of para-hydroxylation sites is 2. The van der Waals surface area contributed by atoms with Crippen LogP contribution in [0.2, 0.25) is 0 Å². The molecule has 0 fully saturated rings. The van der Waals surface area contributed by atoms with Gasteiger partial charge < -0.3 is 15.4 Å². The van der Waals surface area contributed by atoms with Crippen molar-refractivity contribution >= 4 is 50.2 Å². The minimum Gasteiger partial charge on any atom is -0.492 e. The lowest BCUT2D eigenvalue weighted by atomic mass is 10.0. The molecule has 0 saturated carbocycles. The van der Waals surface area contributed by atoms with Gasteiger partial charge in [0, 0.05) is 12.2 Å². The molecule has 0 spiro atoms. The van der Waals surface area contributed by atoms with E-state index in [1.807, 2.05) is 6.92 Å². The van der Waals surface area contributed by atoms with Gasteiger partial charge in [-0.2, -0.15) is 0 Å². The fourth-order valence-corrected chi connectivity index (χ4v) is 6.24. The zero-order valence-electron chi connectivity index (χ0n) is 17.9. The van der Waals surface area contributed by atoms with Crippen LogP contribution in [0.25, 0.3) is 0 Å². The lowest BCUT2D eigenvalue weighted by molar-refractivity contribution is -0.133. The van der Waals surface area contributed by atoms with Gasteiger partial charge in [0.05, 0.1) is 18.0 Å². The Morgan fingerprint density at radius 3 is 2.61 bits per heavy atom. The first-order chi connectivity index (χ1) is 15.9. The van der Waals surface area contributed by atoms with Crippen molar-refractivity contribution < 1.29 is 22.7 Å². The third-order valence-corrected chi connectivity index (χ3v) is 8.29. The number of anilines is 3. The lowest BCUT2D eigenvalue weighted by Gasteiger charge is -2.30. The number of nitrogens with one attached hydrogen (secondary N) is 2. The largest absolute Gasteiger partial charge is 0.492 e. The summed E-state index contributed by atoms with van der Waals surface area (Å²) in [5, 5.41) is 6.83. The average molecular weight is 486 g/mol. The minimum atomic E-state index is -3.70. The minimum absolute atomic E-state index is 0.261. The molecule has 10 heteroatoms. The van der Waals surface area contributed by atoms with Crippen molar-refractivity contribution in [3.05, 3.63) is 65.5 Å². The fourth-order valence-electron chi connectivity index (χ4n) is 3.61. The number of sulfonamides is 1. The molecule has 2 aromatic carbocycles. The highest BCUT2D eigenvalue weighted by Crippen LogP contribution is 2.35. The summed E-state index contributed by atoms with van der Waals surface area (Å²) in [5.41, 5.74) is 2.10. The molecule has 33 heavy (non-hydrogen) atoms. The number of rotatable bonds is 6. The van der Waals surface area contributed by atoms with Crippen molar-refractivity contribution in [3.8, 4) is 5.75 Å². The SMILES string of the molecule is CCOc1ccccc1NC(=O)C(=O)Nc1ccc2c(c1)N(S(=O)(=O)c1cccs1)CCC2. The molecular weight excluding hydrogens is 462 g/mol. The van der Waals surface area contributed by atoms with E-state index in [0.29, 0.717) is 42.4 Å². The first-order valence-corrected chi connectivity index (χ1v) is 12.8. The summed E-state index contributed by atoms with van der Waals surface area (Å²) in [4.78, 5) is 25.0. The molecule has 4 rings (SSSR count). The van der Waals surface area contributed by atoms with Crippen LogP contribution in [0.5, 0.6) is 5.75 Å². The maximum atomic E-state index is 13.1. The second-order valence-corrected chi connectivity index (χ2v) is 10.3. The Balaban J connectivity index is 1.53. The van der Waals surface area contributed by atoms with Crippen molar-refractivity contribution in [1.82, 2.24) is 0 Å². The summed E-state index contributed by atoms with van der Waals surface area (Å²) >= 11 is 1.16. The van der Waals surface area contributed by atoms with Crippen LogP contribution in [0.3, 0.4) is 0 Å². The first kappa shape index (κ1) is 22.8. The molecule has 2 heterocycles. The number of benzene rings is 2. The number of amides is 2. The summed E-state index contributed by atoms with van der Waals surface area (Å²) in [6.07, 6.45) is 1.43. The van der Waals surface area contributed by atoms with E-state index in [4.69, 9.17) is 4.74 Å². The number of fused-ring (bicyclic) bond motifs is 1. The molecule has 8 nitrogen and oxygen atoms in total. The van der Waals surface area contributed by atoms with Gasteiger partial charge in [-0.3, -0.25) is 13.9 Å². The molecule has 1 aliphatic rings. The molecule has 1 aliphatic heterocycles. The van der Waals surface area contributed by atoms with Crippen LogP contribution >= 0.6 is 11.3 Å². The second-order valence-electron chi connectivity index (χ2n) is 7.29. The zero-order valence-corrected chi connectivity index (χ0v) is 19.5. The monoisotopic (exact) mass is 485 g/mol. The van der Waals surface area contributed by atoms with Crippen molar-refractivity contribution in [3.63, 3.8) is 0 Å². The number of carbonyl (C=O) groups excluding carboxylic acids is 2. The van der Waals surface area contributed by atoms with Crippen LogP contribution in [-0.4, -0.2) is 33.4 Å². The molecular formula is C23H23N3O5S2. The molecule has 0 aliphatic carbocycles. The first-order valence-electron chi connectivity index (χ1n) is 10.4. The van der Waals surface area contributed by atoms with E-state index < -0.39 is 21.8 Å². The van der Waals surface area contributed by atoms with Crippen LogP contribution in [-0.2, 0) is 26.0 Å². The summed E-state index contributed by atoms with van der Waals surface area (Å²) in [6.45, 7) is 2.59. The smallest absolute Gasteiger partial charge is 0.314 e. The molecule has 0 unspecified atom stereocenters.